The molecule has 0 radical (unpaired) electrons. The lowest BCUT2D eigenvalue weighted by molar-refractivity contribution is -0.118. The van der Waals surface area contributed by atoms with Crippen LogP contribution in [0.25, 0.3) is 0 Å². The topological polar surface area (TPSA) is 86.8 Å². The molecule has 1 fully saturated rings. The van der Waals surface area contributed by atoms with Gasteiger partial charge >= 0.3 is 0 Å². The number of hydrogen-bond acceptors (Lipinski definition) is 5. The van der Waals surface area contributed by atoms with Gasteiger partial charge in [-0.1, -0.05) is 6.42 Å². The van der Waals surface area contributed by atoms with E-state index in [4.69, 9.17) is 0 Å². The molecule has 160 valence electrons. The van der Waals surface area contributed by atoms with Crippen LogP contribution in [0.1, 0.15) is 41.6 Å². The SMILES string of the molecule is O=C(NCCC(=O)N1CCc2cc(S(=O)(=O)N3CCCCC3)ccc21)c1ccsc1. The molecule has 1 saturated heterocycles. The largest absolute Gasteiger partial charge is 0.351 e. The fourth-order valence-electron chi connectivity index (χ4n) is 3.97. The number of anilines is 1. The van der Waals surface area contributed by atoms with Crippen LogP contribution in [0.2, 0.25) is 0 Å². The molecule has 1 aromatic heterocycles. The van der Waals surface area contributed by atoms with Gasteiger partial charge in [-0.25, -0.2) is 8.42 Å². The number of carbonyl (C=O) groups is 2. The van der Waals surface area contributed by atoms with Gasteiger partial charge in [-0.15, -0.1) is 0 Å². The number of amides is 2. The second-order valence-corrected chi connectivity index (χ2v) is 10.3. The summed E-state index contributed by atoms with van der Waals surface area (Å²) in [6.45, 7) is 1.93. The molecule has 0 atom stereocenters. The van der Waals surface area contributed by atoms with E-state index in [0.29, 0.717) is 36.5 Å². The molecule has 0 saturated carbocycles. The predicted molar refractivity (Wildman–Crippen MR) is 116 cm³/mol. The minimum Gasteiger partial charge on any atom is -0.351 e. The number of sulfonamides is 1. The Balaban J connectivity index is 1.39. The van der Waals surface area contributed by atoms with Crippen LogP contribution in [0, 0.1) is 0 Å². The van der Waals surface area contributed by atoms with Crippen molar-refractivity contribution in [2.24, 2.45) is 0 Å². The van der Waals surface area contributed by atoms with Gasteiger partial charge in [-0.3, -0.25) is 9.59 Å². The lowest BCUT2D eigenvalue weighted by Gasteiger charge is -2.26. The first kappa shape index (κ1) is 21.0. The van der Waals surface area contributed by atoms with Gasteiger partial charge in [0.2, 0.25) is 15.9 Å². The lowest BCUT2D eigenvalue weighted by Crippen LogP contribution is -2.35. The van der Waals surface area contributed by atoms with Crippen molar-refractivity contribution in [1.29, 1.82) is 0 Å². The number of hydrogen-bond donors (Lipinski definition) is 1. The van der Waals surface area contributed by atoms with Crippen molar-refractivity contribution in [1.82, 2.24) is 9.62 Å². The van der Waals surface area contributed by atoms with Gasteiger partial charge in [0.15, 0.2) is 0 Å². The van der Waals surface area contributed by atoms with E-state index < -0.39 is 10.0 Å². The van der Waals surface area contributed by atoms with E-state index in [9.17, 15) is 18.0 Å². The van der Waals surface area contributed by atoms with E-state index in [1.807, 2.05) is 5.38 Å². The first-order valence-electron chi connectivity index (χ1n) is 10.2. The van der Waals surface area contributed by atoms with Crippen LogP contribution in [0.15, 0.2) is 39.9 Å². The Morgan fingerprint density at radius 2 is 1.87 bits per heavy atom. The molecule has 2 aliphatic rings. The van der Waals surface area contributed by atoms with Crippen molar-refractivity contribution >= 4 is 38.9 Å². The maximum Gasteiger partial charge on any atom is 0.252 e. The highest BCUT2D eigenvalue weighted by Crippen LogP contribution is 2.32. The third-order valence-electron chi connectivity index (χ3n) is 5.61. The van der Waals surface area contributed by atoms with Crippen molar-refractivity contribution in [3.63, 3.8) is 0 Å². The minimum atomic E-state index is -3.48. The highest BCUT2D eigenvalue weighted by atomic mass is 32.2. The van der Waals surface area contributed by atoms with E-state index in [0.717, 1.165) is 30.5 Å². The summed E-state index contributed by atoms with van der Waals surface area (Å²) in [5.41, 5.74) is 2.24. The van der Waals surface area contributed by atoms with Crippen molar-refractivity contribution in [2.45, 2.75) is 37.0 Å². The summed E-state index contributed by atoms with van der Waals surface area (Å²) in [5.74, 6) is -0.260. The third kappa shape index (κ3) is 4.28. The summed E-state index contributed by atoms with van der Waals surface area (Å²) in [6.07, 6.45) is 3.70. The van der Waals surface area contributed by atoms with Crippen LogP contribution >= 0.6 is 11.3 Å². The minimum absolute atomic E-state index is 0.0778. The van der Waals surface area contributed by atoms with Crippen LogP contribution in [0.4, 0.5) is 5.69 Å². The summed E-state index contributed by atoms with van der Waals surface area (Å²) < 4.78 is 27.4. The second-order valence-electron chi connectivity index (χ2n) is 7.57. The number of piperidine rings is 1. The molecule has 1 N–H and O–H groups in total. The fourth-order valence-corrected chi connectivity index (χ4v) is 6.17. The molecule has 30 heavy (non-hydrogen) atoms. The van der Waals surface area contributed by atoms with Crippen LogP contribution in [0.5, 0.6) is 0 Å². The second kappa shape index (κ2) is 8.87. The monoisotopic (exact) mass is 447 g/mol. The van der Waals surface area contributed by atoms with Crippen LogP contribution in [0.3, 0.4) is 0 Å². The average Bonchev–Trinajstić information content (AvgIpc) is 3.44. The number of nitrogens with zero attached hydrogens (tertiary/aromatic N) is 2. The highest BCUT2D eigenvalue weighted by molar-refractivity contribution is 7.89. The molecular formula is C21H25N3O4S2. The predicted octanol–water partition coefficient (Wildman–Crippen LogP) is 2.63. The summed E-state index contributed by atoms with van der Waals surface area (Å²) in [6, 6.07) is 6.80. The molecule has 1 aromatic carbocycles. The number of thiophene rings is 1. The Hall–Kier alpha value is -2.23. The molecule has 0 spiro atoms. The quantitative estimate of drug-likeness (QED) is 0.738. The molecule has 3 heterocycles. The molecule has 7 nitrogen and oxygen atoms in total. The summed E-state index contributed by atoms with van der Waals surface area (Å²) in [7, 11) is -3.48. The van der Waals surface area contributed by atoms with Gasteiger partial charge in [0.05, 0.1) is 4.90 Å². The van der Waals surface area contributed by atoms with Crippen LogP contribution in [-0.2, 0) is 21.2 Å². The highest BCUT2D eigenvalue weighted by Gasteiger charge is 2.29. The molecule has 2 aromatic rings. The first-order chi connectivity index (χ1) is 14.5. The van der Waals surface area contributed by atoms with Crippen LogP contribution < -0.4 is 10.2 Å². The van der Waals surface area contributed by atoms with Crippen molar-refractivity contribution < 1.29 is 18.0 Å². The number of fused-ring (bicyclic) bond motifs is 1. The Morgan fingerprint density at radius 3 is 2.60 bits per heavy atom. The molecule has 0 aliphatic carbocycles. The summed E-state index contributed by atoms with van der Waals surface area (Å²) >= 11 is 1.45. The summed E-state index contributed by atoms with van der Waals surface area (Å²) in [5, 5.41) is 6.37. The van der Waals surface area contributed by atoms with E-state index in [1.54, 1.807) is 38.9 Å². The van der Waals surface area contributed by atoms with Crippen molar-refractivity contribution in [3.05, 3.63) is 46.2 Å². The van der Waals surface area contributed by atoms with Gasteiger partial charge in [-0.05, 0) is 54.5 Å². The van der Waals surface area contributed by atoms with Crippen molar-refractivity contribution in [3.8, 4) is 0 Å². The number of carbonyl (C=O) groups excluding carboxylic acids is 2. The maximum atomic E-state index is 12.9. The zero-order valence-electron chi connectivity index (χ0n) is 16.7. The maximum absolute atomic E-state index is 12.9. The van der Waals surface area contributed by atoms with Gasteiger partial charge in [0.1, 0.15) is 0 Å². The molecule has 2 aliphatic heterocycles. The van der Waals surface area contributed by atoms with Gasteiger partial charge in [0.25, 0.3) is 5.91 Å². The van der Waals surface area contributed by atoms with E-state index in [1.165, 1.54) is 11.3 Å². The summed E-state index contributed by atoms with van der Waals surface area (Å²) in [4.78, 5) is 26.6. The Bertz CT molecular complexity index is 1030. The molecular weight excluding hydrogens is 422 g/mol. The smallest absolute Gasteiger partial charge is 0.252 e. The lowest BCUT2D eigenvalue weighted by atomic mass is 10.2. The first-order valence-corrected chi connectivity index (χ1v) is 12.6. The average molecular weight is 448 g/mol. The Labute approximate surface area is 180 Å². The van der Waals surface area contributed by atoms with E-state index in [2.05, 4.69) is 5.32 Å². The fraction of sp³-hybridized carbons (Fsp3) is 0.429. The third-order valence-corrected chi connectivity index (χ3v) is 8.19. The standard InChI is InChI=1S/C21H25N3O4S2/c25-20(6-9-22-21(26)17-8-13-29-15-17)24-12-7-16-14-18(4-5-19(16)24)30(27,28)23-10-2-1-3-11-23/h4-5,8,13-15H,1-3,6-7,9-12H2,(H,22,26). The zero-order valence-corrected chi connectivity index (χ0v) is 18.3. The van der Waals surface area contributed by atoms with Crippen molar-refractivity contribution in [2.75, 3.05) is 31.1 Å². The number of benzene rings is 1. The van der Waals surface area contributed by atoms with Gasteiger partial charge in [-0.2, -0.15) is 15.6 Å². The van der Waals surface area contributed by atoms with E-state index in [-0.39, 0.29) is 24.8 Å². The number of rotatable bonds is 6. The molecule has 9 heteroatoms. The van der Waals surface area contributed by atoms with Gasteiger partial charge in [0, 0.05) is 49.2 Å². The van der Waals surface area contributed by atoms with Crippen LogP contribution in [-0.4, -0.2) is 50.7 Å². The molecule has 0 bridgehead atoms. The Morgan fingerprint density at radius 1 is 1.07 bits per heavy atom. The van der Waals surface area contributed by atoms with E-state index >= 15 is 0 Å². The Kier molecular flexibility index (Phi) is 6.21. The van der Waals surface area contributed by atoms with Gasteiger partial charge < -0.3 is 10.2 Å². The molecule has 0 unspecified atom stereocenters. The normalized spacial score (nSPS) is 17.0. The molecule has 2 amide bonds. The molecule has 4 rings (SSSR count). The number of nitrogens with one attached hydrogen (secondary N) is 1. The zero-order chi connectivity index (χ0) is 21.1.